The number of carbonyl (C=O) groups is 1. The fourth-order valence-electron chi connectivity index (χ4n) is 4.22. The van der Waals surface area contributed by atoms with Crippen LogP contribution in [0.5, 0.6) is 0 Å². The molecule has 31 heavy (non-hydrogen) atoms. The van der Waals surface area contributed by atoms with Gasteiger partial charge in [0.25, 0.3) is 0 Å². The number of guanidine groups is 1. The van der Waals surface area contributed by atoms with Gasteiger partial charge in [-0.2, -0.15) is 0 Å². The summed E-state index contributed by atoms with van der Waals surface area (Å²) < 4.78 is 5.45. The highest BCUT2D eigenvalue weighted by atomic mass is 127. The molecule has 1 aliphatic carbocycles. The number of benzene rings is 1. The van der Waals surface area contributed by atoms with Crippen LogP contribution in [-0.4, -0.2) is 63.2 Å². The average molecular weight is 543 g/mol. The Morgan fingerprint density at radius 2 is 1.74 bits per heavy atom. The van der Waals surface area contributed by atoms with Gasteiger partial charge in [0.15, 0.2) is 5.96 Å². The van der Waals surface area contributed by atoms with Crippen LogP contribution in [0, 0.1) is 5.92 Å². The lowest BCUT2D eigenvalue weighted by Crippen LogP contribution is -2.41. The van der Waals surface area contributed by atoms with Crippen LogP contribution in [0.15, 0.2) is 29.3 Å². The third-order valence-corrected chi connectivity index (χ3v) is 5.97. The van der Waals surface area contributed by atoms with Crippen molar-refractivity contribution in [2.75, 3.05) is 46.4 Å². The number of halogens is 1. The topological polar surface area (TPSA) is 78.0 Å². The van der Waals surface area contributed by atoms with Crippen LogP contribution in [0.25, 0.3) is 0 Å². The molecule has 0 radical (unpaired) electrons. The highest BCUT2D eigenvalue weighted by Crippen LogP contribution is 2.27. The molecule has 1 aromatic rings. The molecule has 0 spiro atoms. The molecule has 8 heteroatoms. The summed E-state index contributed by atoms with van der Waals surface area (Å²) in [7, 11) is 1.77. The molecular formula is C23H38IN5O2. The Morgan fingerprint density at radius 3 is 2.45 bits per heavy atom. The molecule has 1 heterocycles. The van der Waals surface area contributed by atoms with Crippen molar-refractivity contribution in [2.24, 2.45) is 10.9 Å². The molecule has 1 saturated heterocycles. The Morgan fingerprint density at radius 1 is 1.06 bits per heavy atom. The van der Waals surface area contributed by atoms with Gasteiger partial charge in [0.05, 0.1) is 13.2 Å². The van der Waals surface area contributed by atoms with Gasteiger partial charge in [-0.25, -0.2) is 0 Å². The second-order valence-corrected chi connectivity index (χ2v) is 8.21. The van der Waals surface area contributed by atoms with Crippen molar-refractivity contribution in [3.05, 3.63) is 35.4 Å². The first-order chi connectivity index (χ1) is 14.7. The number of nitrogens with zero attached hydrogens (tertiary/aromatic N) is 2. The molecule has 3 N–H and O–H groups in total. The van der Waals surface area contributed by atoms with Gasteiger partial charge >= 0.3 is 0 Å². The predicted molar refractivity (Wildman–Crippen MR) is 136 cm³/mol. The van der Waals surface area contributed by atoms with E-state index in [-0.39, 0.29) is 29.9 Å². The first-order valence-electron chi connectivity index (χ1n) is 11.3. The molecule has 1 saturated carbocycles. The number of ether oxygens (including phenoxy) is 1. The van der Waals surface area contributed by atoms with Crippen molar-refractivity contribution < 1.29 is 9.53 Å². The summed E-state index contributed by atoms with van der Waals surface area (Å²) in [5.74, 6) is 1.51. The lowest BCUT2D eigenvalue weighted by molar-refractivity contribution is -0.121. The largest absolute Gasteiger partial charge is 0.379 e. The van der Waals surface area contributed by atoms with Crippen LogP contribution in [0.2, 0.25) is 0 Å². The van der Waals surface area contributed by atoms with Crippen LogP contribution in [0.3, 0.4) is 0 Å². The van der Waals surface area contributed by atoms with Gasteiger partial charge in [-0.1, -0.05) is 37.1 Å². The Balaban J connectivity index is 0.00000341. The minimum Gasteiger partial charge on any atom is -0.379 e. The van der Waals surface area contributed by atoms with E-state index in [0.717, 1.165) is 38.8 Å². The molecule has 0 atom stereocenters. The average Bonchev–Trinajstić information content (AvgIpc) is 3.28. The molecule has 1 aliphatic heterocycles. The summed E-state index contributed by atoms with van der Waals surface area (Å²) in [6, 6.07) is 8.54. The number of amides is 1. The summed E-state index contributed by atoms with van der Waals surface area (Å²) in [5.41, 5.74) is 2.61. The summed E-state index contributed by atoms with van der Waals surface area (Å²) in [5, 5.41) is 9.70. The van der Waals surface area contributed by atoms with E-state index in [1.54, 1.807) is 7.05 Å². The van der Waals surface area contributed by atoms with E-state index in [9.17, 15) is 4.79 Å². The van der Waals surface area contributed by atoms with Gasteiger partial charge in [0, 0.05) is 52.7 Å². The number of hydrogen-bond acceptors (Lipinski definition) is 4. The SMILES string of the molecule is CN=C(NCCNC(=O)CC1CCCC1)NCc1ccccc1CN1CCOCC1.I. The maximum absolute atomic E-state index is 12.0. The fourth-order valence-corrected chi connectivity index (χ4v) is 4.22. The number of hydrogen-bond donors (Lipinski definition) is 3. The molecule has 1 amide bonds. The lowest BCUT2D eigenvalue weighted by Gasteiger charge is -2.27. The van der Waals surface area contributed by atoms with Crippen molar-refractivity contribution in [1.82, 2.24) is 20.9 Å². The summed E-state index contributed by atoms with van der Waals surface area (Å²) in [6.07, 6.45) is 5.63. The molecule has 1 aromatic carbocycles. The van der Waals surface area contributed by atoms with Crippen molar-refractivity contribution in [3.8, 4) is 0 Å². The fraction of sp³-hybridized carbons (Fsp3) is 0.652. The van der Waals surface area contributed by atoms with Crippen LogP contribution in [-0.2, 0) is 22.6 Å². The molecule has 0 bridgehead atoms. The van der Waals surface area contributed by atoms with Crippen molar-refractivity contribution in [3.63, 3.8) is 0 Å². The van der Waals surface area contributed by atoms with E-state index in [4.69, 9.17) is 4.74 Å². The maximum Gasteiger partial charge on any atom is 0.220 e. The molecule has 2 fully saturated rings. The minimum absolute atomic E-state index is 0. The molecule has 0 unspecified atom stereocenters. The smallest absolute Gasteiger partial charge is 0.220 e. The maximum atomic E-state index is 12.0. The van der Waals surface area contributed by atoms with E-state index in [0.29, 0.717) is 32.0 Å². The summed E-state index contributed by atoms with van der Waals surface area (Å²) in [4.78, 5) is 18.8. The van der Waals surface area contributed by atoms with Crippen LogP contribution in [0.4, 0.5) is 0 Å². The van der Waals surface area contributed by atoms with E-state index >= 15 is 0 Å². The van der Waals surface area contributed by atoms with Gasteiger partial charge in [-0.3, -0.25) is 14.7 Å². The van der Waals surface area contributed by atoms with Gasteiger partial charge in [-0.05, 0) is 29.9 Å². The Hall–Kier alpha value is -1.39. The minimum atomic E-state index is 0. The first kappa shape index (κ1) is 25.9. The number of rotatable bonds is 9. The monoisotopic (exact) mass is 543 g/mol. The molecule has 174 valence electrons. The molecule has 7 nitrogen and oxygen atoms in total. The van der Waals surface area contributed by atoms with E-state index in [1.807, 2.05) is 0 Å². The summed E-state index contributed by atoms with van der Waals surface area (Å²) in [6.45, 7) is 6.52. The second-order valence-electron chi connectivity index (χ2n) is 8.21. The number of morpholine rings is 1. The second kappa shape index (κ2) is 14.6. The van der Waals surface area contributed by atoms with E-state index < -0.39 is 0 Å². The predicted octanol–water partition coefficient (Wildman–Crippen LogP) is 2.50. The molecule has 2 aliphatic rings. The van der Waals surface area contributed by atoms with Gasteiger partial charge in [0.1, 0.15) is 0 Å². The third kappa shape index (κ3) is 9.33. The van der Waals surface area contributed by atoms with Crippen molar-refractivity contribution in [1.29, 1.82) is 0 Å². The molecule has 0 aromatic heterocycles. The van der Waals surface area contributed by atoms with E-state index in [2.05, 4.69) is 50.1 Å². The normalized spacial score (nSPS) is 17.8. The van der Waals surface area contributed by atoms with E-state index in [1.165, 1.54) is 36.8 Å². The zero-order valence-electron chi connectivity index (χ0n) is 18.7. The van der Waals surface area contributed by atoms with Crippen LogP contribution in [0.1, 0.15) is 43.2 Å². The molecular weight excluding hydrogens is 505 g/mol. The van der Waals surface area contributed by atoms with Crippen molar-refractivity contribution >= 4 is 35.8 Å². The highest BCUT2D eigenvalue weighted by Gasteiger charge is 2.18. The van der Waals surface area contributed by atoms with Gasteiger partial charge < -0.3 is 20.7 Å². The Bertz CT molecular complexity index is 688. The first-order valence-corrected chi connectivity index (χ1v) is 11.3. The van der Waals surface area contributed by atoms with Crippen LogP contribution >= 0.6 is 24.0 Å². The van der Waals surface area contributed by atoms with Crippen molar-refractivity contribution in [2.45, 2.75) is 45.2 Å². The highest BCUT2D eigenvalue weighted by molar-refractivity contribution is 14.0. The lowest BCUT2D eigenvalue weighted by atomic mass is 10.0. The summed E-state index contributed by atoms with van der Waals surface area (Å²) >= 11 is 0. The number of carbonyl (C=O) groups excluding carboxylic acids is 1. The van der Waals surface area contributed by atoms with Gasteiger partial charge in [-0.15, -0.1) is 24.0 Å². The quantitative estimate of drug-likeness (QED) is 0.193. The third-order valence-electron chi connectivity index (χ3n) is 5.97. The number of aliphatic imine (C=N–C) groups is 1. The van der Waals surface area contributed by atoms with Crippen LogP contribution < -0.4 is 16.0 Å². The van der Waals surface area contributed by atoms with Gasteiger partial charge in [0.2, 0.25) is 5.91 Å². The molecule has 3 rings (SSSR count). The number of nitrogens with one attached hydrogen (secondary N) is 3. The zero-order valence-corrected chi connectivity index (χ0v) is 21.0. The zero-order chi connectivity index (χ0) is 21.0. The Labute approximate surface area is 203 Å². The standard InChI is InChI=1S/C23H37N5O2.HI/c1-24-23(26-11-10-25-22(29)16-19-6-2-3-7-19)27-17-20-8-4-5-9-21(20)18-28-12-14-30-15-13-28;/h4-5,8-9,19H,2-3,6-7,10-18H2,1H3,(H,25,29)(H2,24,26,27);1H. The Kier molecular flexibility index (Phi) is 12.2.